The fourth-order valence-corrected chi connectivity index (χ4v) is 2.86. The number of aryl methyl sites for hydroxylation is 1. The first-order chi connectivity index (χ1) is 7.79. The zero-order valence-electron chi connectivity index (χ0n) is 10.4. The zero-order valence-corrected chi connectivity index (χ0v) is 10.4. The Morgan fingerprint density at radius 2 is 2.38 bits per heavy atom. The number of imidazole rings is 1. The van der Waals surface area contributed by atoms with Crippen molar-refractivity contribution in [1.82, 2.24) is 9.55 Å². The number of hydrogen-bond donors (Lipinski definition) is 1. The molecule has 1 aromatic heterocycles. The van der Waals surface area contributed by atoms with Gasteiger partial charge in [-0.25, -0.2) is 4.98 Å². The molecule has 3 heteroatoms. The van der Waals surface area contributed by atoms with E-state index in [4.69, 9.17) is 0 Å². The third-order valence-corrected chi connectivity index (χ3v) is 3.76. The van der Waals surface area contributed by atoms with E-state index >= 15 is 0 Å². The molecule has 0 radical (unpaired) electrons. The first-order valence-corrected chi connectivity index (χ1v) is 6.48. The normalized spacial score (nSPS) is 25.6. The lowest BCUT2D eigenvalue weighted by molar-refractivity contribution is 0.261. The minimum atomic E-state index is 0.927. The first kappa shape index (κ1) is 11.5. The smallest absolute Gasteiger partial charge is 0.202 e. The van der Waals surface area contributed by atoms with Gasteiger partial charge in [-0.3, -0.25) is 0 Å². The van der Waals surface area contributed by atoms with Gasteiger partial charge >= 0.3 is 0 Å². The number of nitrogens with one attached hydrogen (secondary N) is 1. The van der Waals surface area contributed by atoms with Gasteiger partial charge in [0.25, 0.3) is 0 Å². The van der Waals surface area contributed by atoms with Gasteiger partial charge in [-0.2, -0.15) is 0 Å². The molecule has 3 nitrogen and oxygen atoms in total. The lowest BCUT2D eigenvalue weighted by Gasteiger charge is -2.26. The van der Waals surface area contributed by atoms with Crippen LogP contribution in [0, 0.1) is 11.8 Å². The van der Waals surface area contributed by atoms with Gasteiger partial charge in [0.15, 0.2) is 0 Å². The molecule has 1 aliphatic rings. The van der Waals surface area contributed by atoms with Crippen LogP contribution in [0.1, 0.15) is 39.0 Å². The molecular formula is C13H23N3. The van der Waals surface area contributed by atoms with E-state index in [0.29, 0.717) is 0 Å². The van der Waals surface area contributed by atoms with Crippen LogP contribution < -0.4 is 5.32 Å². The van der Waals surface area contributed by atoms with Crippen LogP contribution in [-0.2, 0) is 6.54 Å². The fourth-order valence-electron chi connectivity index (χ4n) is 2.86. The maximum absolute atomic E-state index is 4.27. The SMILES string of the molecule is CNc1nccn1CCC1CCCC(C)C1. The second-order valence-electron chi connectivity index (χ2n) is 5.12. The third-order valence-electron chi connectivity index (χ3n) is 3.76. The quantitative estimate of drug-likeness (QED) is 0.846. The average molecular weight is 221 g/mol. The van der Waals surface area contributed by atoms with E-state index < -0.39 is 0 Å². The van der Waals surface area contributed by atoms with Crippen molar-refractivity contribution in [3.05, 3.63) is 12.4 Å². The van der Waals surface area contributed by atoms with Gasteiger partial charge in [0.05, 0.1) is 0 Å². The maximum atomic E-state index is 4.27. The molecule has 0 aliphatic heterocycles. The first-order valence-electron chi connectivity index (χ1n) is 6.48. The Labute approximate surface area is 98.3 Å². The van der Waals surface area contributed by atoms with Crippen LogP contribution in [-0.4, -0.2) is 16.6 Å². The summed E-state index contributed by atoms with van der Waals surface area (Å²) in [5, 5.41) is 3.12. The highest BCUT2D eigenvalue weighted by Crippen LogP contribution is 2.31. The van der Waals surface area contributed by atoms with Crippen LogP contribution in [0.5, 0.6) is 0 Å². The minimum Gasteiger partial charge on any atom is -0.359 e. The van der Waals surface area contributed by atoms with E-state index in [-0.39, 0.29) is 0 Å². The number of aromatic nitrogens is 2. The minimum absolute atomic E-state index is 0.927. The molecule has 0 bridgehead atoms. The van der Waals surface area contributed by atoms with E-state index in [1.165, 1.54) is 32.1 Å². The van der Waals surface area contributed by atoms with Gasteiger partial charge in [0, 0.05) is 26.0 Å². The van der Waals surface area contributed by atoms with Crippen molar-refractivity contribution in [3.63, 3.8) is 0 Å². The predicted octanol–water partition coefficient (Wildman–Crippen LogP) is 3.14. The number of nitrogens with zero attached hydrogens (tertiary/aromatic N) is 2. The van der Waals surface area contributed by atoms with Gasteiger partial charge in [-0.15, -0.1) is 0 Å². The van der Waals surface area contributed by atoms with Crippen LogP contribution >= 0.6 is 0 Å². The second-order valence-corrected chi connectivity index (χ2v) is 5.12. The van der Waals surface area contributed by atoms with Crippen molar-refractivity contribution in [3.8, 4) is 0 Å². The van der Waals surface area contributed by atoms with Crippen molar-refractivity contribution in [2.24, 2.45) is 11.8 Å². The average Bonchev–Trinajstić information content (AvgIpc) is 2.74. The van der Waals surface area contributed by atoms with Crippen molar-refractivity contribution in [1.29, 1.82) is 0 Å². The lowest BCUT2D eigenvalue weighted by atomic mass is 9.81. The molecule has 16 heavy (non-hydrogen) atoms. The van der Waals surface area contributed by atoms with Gasteiger partial charge < -0.3 is 9.88 Å². The number of hydrogen-bond acceptors (Lipinski definition) is 2. The van der Waals surface area contributed by atoms with Crippen molar-refractivity contribution < 1.29 is 0 Å². The highest BCUT2D eigenvalue weighted by atomic mass is 15.2. The molecule has 1 heterocycles. The molecule has 1 fully saturated rings. The van der Waals surface area contributed by atoms with Crippen LogP contribution in [0.4, 0.5) is 5.95 Å². The van der Waals surface area contributed by atoms with Gasteiger partial charge in [-0.05, 0) is 24.7 Å². The second kappa shape index (κ2) is 5.37. The van der Waals surface area contributed by atoms with E-state index in [2.05, 4.69) is 28.0 Å². The summed E-state index contributed by atoms with van der Waals surface area (Å²) >= 11 is 0. The molecular weight excluding hydrogens is 198 g/mol. The molecule has 90 valence electrons. The summed E-state index contributed by atoms with van der Waals surface area (Å²) in [6, 6.07) is 0. The largest absolute Gasteiger partial charge is 0.359 e. The predicted molar refractivity (Wildman–Crippen MR) is 67.5 cm³/mol. The van der Waals surface area contributed by atoms with E-state index in [9.17, 15) is 0 Å². The van der Waals surface area contributed by atoms with Crippen LogP contribution in [0.3, 0.4) is 0 Å². The Balaban J connectivity index is 1.82. The summed E-state index contributed by atoms with van der Waals surface area (Å²) in [7, 11) is 1.93. The maximum Gasteiger partial charge on any atom is 0.202 e. The molecule has 2 atom stereocenters. The highest BCUT2D eigenvalue weighted by Gasteiger charge is 2.18. The lowest BCUT2D eigenvalue weighted by Crippen LogP contribution is -2.15. The summed E-state index contributed by atoms with van der Waals surface area (Å²) in [4.78, 5) is 4.27. The molecule has 0 amide bonds. The van der Waals surface area contributed by atoms with Gasteiger partial charge in [0.1, 0.15) is 0 Å². The van der Waals surface area contributed by atoms with Crippen molar-refractivity contribution in [2.45, 2.75) is 45.6 Å². The summed E-state index contributed by atoms with van der Waals surface area (Å²) in [6.07, 6.45) is 10.9. The van der Waals surface area contributed by atoms with E-state index in [1.807, 2.05) is 13.2 Å². The monoisotopic (exact) mass is 221 g/mol. The molecule has 1 aromatic rings. The molecule has 0 spiro atoms. The molecule has 1 saturated carbocycles. The summed E-state index contributed by atoms with van der Waals surface area (Å²) < 4.78 is 2.22. The van der Waals surface area contributed by atoms with Crippen molar-refractivity contribution >= 4 is 5.95 Å². The summed E-state index contributed by atoms with van der Waals surface area (Å²) in [6.45, 7) is 3.50. The molecule has 1 N–H and O–H groups in total. The Morgan fingerprint density at radius 3 is 3.12 bits per heavy atom. The topological polar surface area (TPSA) is 29.9 Å². The van der Waals surface area contributed by atoms with Crippen LogP contribution in [0.25, 0.3) is 0 Å². The van der Waals surface area contributed by atoms with E-state index in [0.717, 1.165) is 24.3 Å². The zero-order chi connectivity index (χ0) is 11.4. The van der Waals surface area contributed by atoms with Gasteiger partial charge in [-0.1, -0.05) is 26.2 Å². The highest BCUT2D eigenvalue weighted by molar-refractivity contribution is 5.23. The molecule has 0 saturated heterocycles. The fraction of sp³-hybridized carbons (Fsp3) is 0.769. The third kappa shape index (κ3) is 2.77. The van der Waals surface area contributed by atoms with E-state index in [1.54, 1.807) is 0 Å². The standard InChI is InChI=1S/C13H23N3/c1-11-4-3-5-12(10-11)6-8-16-9-7-15-13(16)14-2/h7,9,11-12H,3-6,8,10H2,1-2H3,(H,14,15). The van der Waals surface area contributed by atoms with Crippen molar-refractivity contribution in [2.75, 3.05) is 12.4 Å². The number of rotatable bonds is 4. The Hall–Kier alpha value is -0.990. The summed E-state index contributed by atoms with van der Waals surface area (Å²) in [5.41, 5.74) is 0. The van der Waals surface area contributed by atoms with Gasteiger partial charge in [0.2, 0.25) is 5.95 Å². The Bertz CT molecular complexity index is 319. The number of anilines is 1. The van der Waals surface area contributed by atoms with Crippen LogP contribution in [0.2, 0.25) is 0 Å². The molecule has 2 unspecified atom stereocenters. The summed E-state index contributed by atoms with van der Waals surface area (Å²) in [5.74, 6) is 2.85. The molecule has 0 aromatic carbocycles. The molecule has 1 aliphatic carbocycles. The van der Waals surface area contributed by atoms with Crippen LogP contribution in [0.15, 0.2) is 12.4 Å². The Kier molecular flexibility index (Phi) is 3.86. The Morgan fingerprint density at radius 1 is 1.50 bits per heavy atom. The molecule has 2 rings (SSSR count).